The van der Waals surface area contributed by atoms with Gasteiger partial charge in [0.25, 0.3) is 0 Å². The van der Waals surface area contributed by atoms with Gasteiger partial charge >= 0.3 is 56.8 Å². The minimum Gasteiger partial charge on any atom is -0.467 e. The molecular weight excluding hydrogens is 909 g/mol. The van der Waals surface area contributed by atoms with Gasteiger partial charge in [-0.1, -0.05) is 5.11 Å². The van der Waals surface area contributed by atoms with Crippen molar-refractivity contribution in [2.24, 2.45) is 21.4 Å². The lowest BCUT2D eigenvalue weighted by Gasteiger charge is -2.49. The third-order valence-corrected chi connectivity index (χ3v) is 9.25. The summed E-state index contributed by atoms with van der Waals surface area (Å²) in [4.78, 5) is 69.2. The van der Waals surface area contributed by atoms with Crippen molar-refractivity contribution in [2.75, 3.05) is 26.9 Å². The summed E-state index contributed by atoms with van der Waals surface area (Å²) >= 11 is 0. The van der Waals surface area contributed by atoms with Gasteiger partial charge in [-0.2, -0.15) is 30.0 Å². The fourth-order valence-electron chi connectivity index (χ4n) is 5.19. The van der Waals surface area contributed by atoms with Gasteiger partial charge in [-0.15, -0.1) is 0 Å². The number of methoxy groups -OCH3 is 1. The number of ether oxygens (including phenoxy) is 8. The van der Waals surface area contributed by atoms with Crippen LogP contribution in [0.1, 0.15) is 68.7 Å². The van der Waals surface area contributed by atoms with E-state index in [2.05, 4.69) is 14.2 Å². The molecule has 0 aromatic carbocycles. The number of nitrogens with zero attached hydrogens (tertiary/aromatic N) is 3. The van der Waals surface area contributed by atoms with Gasteiger partial charge in [0.1, 0.15) is 24.4 Å². The third kappa shape index (κ3) is 16.8. The molecule has 3 N–H and O–H groups in total. The number of alkyl halides is 3. The molecule has 25 nitrogen and oxygen atoms in total. The highest BCUT2D eigenvalue weighted by molar-refractivity contribution is 7.81. The molecule has 0 saturated carbocycles. The van der Waals surface area contributed by atoms with Crippen molar-refractivity contribution < 1.29 is 109 Å². The number of nitrogens with one attached hydrogen (secondary N) is 1. The maximum Gasteiger partial charge on any atom is 0.471 e. The average molecular weight is 961 g/mol. The van der Waals surface area contributed by atoms with Crippen LogP contribution < -0.4 is 5.32 Å². The van der Waals surface area contributed by atoms with E-state index in [1.54, 1.807) is 0 Å². The summed E-state index contributed by atoms with van der Waals surface area (Å²) in [5, 5.41) is 4.71. The normalized spacial score (nSPS) is 27.3. The monoisotopic (exact) mass is 960 g/mol. The lowest BCUT2D eigenvalue weighted by Crippen LogP contribution is -2.70. The maximum atomic E-state index is 13.9. The van der Waals surface area contributed by atoms with E-state index in [1.165, 1.54) is 67.6 Å². The Morgan fingerprint density at radius 1 is 0.746 bits per heavy atom. The molecule has 0 unspecified atom stereocenters. The fourth-order valence-corrected chi connectivity index (χ4v) is 6.01. The van der Waals surface area contributed by atoms with Crippen molar-refractivity contribution in [1.29, 1.82) is 0 Å². The zero-order valence-corrected chi connectivity index (χ0v) is 37.2. The van der Waals surface area contributed by atoms with Crippen LogP contribution in [0.25, 0.3) is 10.4 Å². The molecule has 0 radical (unpaired) electrons. The number of esters is 4. The second-order valence-electron chi connectivity index (χ2n) is 16.8. The minimum absolute atomic E-state index is 0.209. The van der Waals surface area contributed by atoms with E-state index >= 15 is 0 Å². The van der Waals surface area contributed by atoms with Gasteiger partial charge in [-0.3, -0.25) is 28.3 Å². The molecule has 2 aliphatic heterocycles. The summed E-state index contributed by atoms with van der Waals surface area (Å²) in [6.07, 6.45) is -27.4. The maximum absolute atomic E-state index is 13.9. The Hall–Kier alpha value is -3.97. The van der Waals surface area contributed by atoms with E-state index in [-0.39, 0.29) is 13.0 Å². The molecule has 362 valence electrons. The Morgan fingerprint density at radius 2 is 1.25 bits per heavy atom. The lowest BCUT2D eigenvalue weighted by atomic mass is 9.92. The number of hydrogen-bond donors (Lipinski definition) is 3. The van der Waals surface area contributed by atoms with E-state index in [4.69, 9.17) is 47.6 Å². The summed E-state index contributed by atoms with van der Waals surface area (Å²) in [7, 11) is -10.5. The van der Waals surface area contributed by atoms with E-state index in [1.807, 2.05) is 0 Å². The van der Waals surface area contributed by atoms with Crippen LogP contribution in [0.5, 0.6) is 0 Å². The van der Waals surface area contributed by atoms with Crippen LogP contribution in [0.2, 0.25) is 0 Å². The largest absolute Gasteiger partial charge is 0.471 e. The topological polar surface area (TPSA) is 347 Å². The Labute approximate surface area is 359 Å². The van der Waals surface area contributed by atoms with Crippen LogP contribution in [0.15, 0.2) is 5.11 Å². The molecule has 0 aliphatic carbocycles. The highest BCUT2D eigenvalue weighted by Crippen LogP contribution is 2.38. The number of rotatable bonds is 17. The zero-order valence-electron chi connectivity index (χ0n) is 35.5. The molecule has 10 atom stereocenters. The smallest absolute Gasteiger partial charge is 0.467 e. The van der Waals surface area contributed by atoms with Crippen LogP contribution in [-0.4, -0.2) is 150 Å². The Morgan fingerprint density at radius 3 is 1.70 bits per heavy atom. The molecule has 30 heteroatoms. The van der Waals surface area contributed by atoms with Crippen LogP contribution in [0.3, 0.4) is 0 Å². The molecular formula is C33H51F3N4O21S2. The average Bonchev–Trinajstić information content (AvgIpc) is 3.11. The minimum atomic E-state index is -5.85. The van der Waals surface area contributed by atoms with Crippen LogP contribution in [-0.2, 0) is 91.0 Å². The van der Waals surface area contributed by atoms with Gasteiger partial charge < -0.3 is 43.2 Å². The molecule has 2 heterocycles. The number of amides is 1. The summed E-state index contributed by atoms with van der Waals surface area (Å²) < 4.78 is 163. The van der Waals surface area contributed by atoms with E-state index in [0.29, 0.717) is 0 Å². The highest BCUT2D eigenvalue weighted by Gasteiger charge is 2.60. The second-order valence-corrected chi connectivity index (χ2v) is 19.0. The molecule has 2 aliphatic rings. The standard InChI is InChI=1S/C33H51F3N4O21S2/c1-30(2,3)27(43)58-19-20(59-28(44)31(4,5)6)22(60-29(45)32(7,8)9)25(57-21(19)23(41)52-10)56-18-16(39-26(42)33(34,35)36)24(53-13-11-12-38-40-37)55-15(14-54-62(46,47)48)17(18)61-63(49,50)51/h15-22,24-25H,11-14H2,1-10H3,(H,39,42)(H,46,47,48)(H,49,50,51)/t15-,16-,17+,18-,19+,20+,21+,22-,24-,25-/m1/s1. The summed E-state index contributed by atoms with van der Waals surface area (Å²) in [6.45, 7) is 9.84. The molecule has 1 amide bonds. The fraction of sp³-hybridized carbons (Fsp3) is 0.848. The number of halogens is 3. The first kappa shape index (κ1) is 55.2. The number of azide groups is 1. The summed E-state index contributed by atoms with van der Waals surface area (Å²) in [5.41, 5.74) is 4.38. The molecule has 0 bridgehead atoms. The number of carbonyl (C=O) groups excluding carboxylic acids is 5. The van der Waals surface area contributed by atoms with Gasteiger partial charge in [-0.05, 0) is 74.3 Å². The number of hydrogen-bond acceptors (Lipinski definition) is 20. The molecule has 2 saturated heterocycles. The first-order chi connectivity index (χ1) is 28.5. The lowest BCUT2D eigenvalue weighted by molar-refractivity contribution is -0.341. The van der Waals surface area contributed by atoms with Crippen LogP contribution in [0, 0.1) is 16.2 Å². The van der Waals surface area contributed by atoms with Crippen molar-refractivity contribution >= 4 is 50.6 Å². The second kappa shape index (κ2) is 21.3. The van der Waals surface area contributed by atoms with Crippen molar-refractivity contribution in [3.05, 3.63) is 10.4 Å². The van der Waals surface area contributed by atoms with Gasteiger partial charge in [0.15, 0.2) is 37.0 Å². The molecule has 2 fully saturated rings. The predicted molar refractivity (Wildman–Crippen MR) is 199 cm³/mol. The van der Waals surface area contributed by atoms with Gasteiger partial charge in [0.2, 0.25) is 0 Å². The quantitative estimate of drug-likeness (QED) is 0.0355. The first-order valence-electron chi connectivity index (χ1n) is 18.5. The van der Waals surface area contributed by atoms with Crippen molar-refractivity contribution in [1.82, 2.24) is 5.32 Å². The molecule has 2 rings (SSSR count). The molecule has 0 aromatic heterocycles. The molecule has 0 spiro atoms. The van der Waals surface area contributed by atoms with Gasteiger partial charge in [-0.25, -0.2) is 13.2 Å². The van der Waals surface area contributed by atoms with Gasteiger partial charge in [0.05, 0.1) is 30.0 Å². The molecule has 63 heavy (non-hydrogen) atoms. The summed E-state index contributed by atoms with van der Waals surface area (Å²) in [6, 6.07) is -2.53. The Kier molecular flexibility index (Phi) is 18.7. The van der Waals surface area contributed by atoms with Crippen LogP contribution >= 0.6 is 0 Å². The van der Waals surface area contributed by atoms with Crippen LogP contribution in [0.4, 0.5) is 13.2 Å². The first-order valence-corrected chi connectivity index (χ1v) is 21.2. The van der Waals surface area contributed by atoms with E-state index in [0.717, 1.165) is 7.11 Å². The Bertz CT molecular complexity index is 1930. The number of carbonyl (C=O) groups is 5. The summed E-state index contributed by atoms with van der Waals surface area (Å²) in [5.74, 6) is -7.54. The van der Waals surface area contributed by atoms with Gasteiger partial charge in [0, 0.05) is 18.1 Å². The van der Waals surface area contributed by atoms with Crippen molar-refractivity contribution in [3.8, 4) is 0 Å². The van der Waals surface area contributed by atoms with Crippen molar-refractivity contribution in [3.63, 3.8) is 0 Å². The third-order valence-electron chi connectivity index (χ3n) is 8.35. The highest BCUT2D eigenvalue weighted by atomic mass is 32.3. The van der Waals surface area contributed by atoms with Crippen molar-refractivity contribution in [2.45, 2.75) is 136 Å². The van der Waals surface area contributed by atoms with E-state index < -0.39 is 148 Å². The predicted octanol–water partition coefficient (Wildman–Crippen LogP) is 1.64. The van der Waals surface area contributed by atoms with E-state index in [9.17, 15) is 63.1 Å². The SMILES string of the molecule is COC(=O)[C@H]1O[C@@H](O[C@@H]2[C@@H](NC(=O)C(F)(F)F)[C@H](OCCCN=[N+]=[N-])O[C@H](COS(=O)(=O)O)[C@@H]2OS(=O)(=O)O)[C@H](OC(=O)C(C)(C)C)[C@@H](OC(=O)C(C)(C)C)[C@@H]1OC(=O)C(C)(C)C. The molecule has 0 aromatic rings. The Balaban J connectivity index is 3.10. The zero-order chi connectivity index (χ0) is 48.7.